The summed E-state index contributed by atoms with van der Waals surface area (Å²) >= 11 is -0.762. The molecule has 0 radical (unpaired) electrons. The number of rotatable bonds is 4. The van der Waals surface area contributed by atoms with E-state index in [4.69, 9.17) is 0 Å². The number of allylic oxidation sites excluding steroid dienone is 2. The molecule has 4 aromatic carbocycles. The maximum Gasteiger partial charge on any atom is -1.00 e. The first-order chi connectivity index (χ1) is 15.4. The molecule has 0 bridgehead atoms. The maximum absolute atomic E-state index is 2.48. The van der Waals surface area contributed by atoms with E-state index in [9.17, 15) is 0 Å². The van der Waals surface area contributed by atoms with Gasteiger partial charge in [0.15, 0.2) is 0 Å². The van der Waals surface area contributed by atoms with Crippen LogP contribution in [0.1, 0.15) is 29.5 Å². The second-order valence-corrected chi connectivity index (χ2v) is 12.1. The maximum atomic E-state index is 2.48. The zero-order chi connectivity index (χ0) is 20.6. The topological polar surface area (TPSA) is 0 Å². The Hall–Kier alpha value is -2.18. The molecule has 0 fully saturated rings. The monoisotopic (exact) mass is 542 g/mol. The SMILES string of the molecule is C1=C[CH]([Zr+2][CH]2C=Cc3c(-c4ccccc4)cccc32)c2cccc(-c3ccccc3)c21.[Cl-].[Cl-]. The van der Waals surface area contributed by atoms with Crippen LogP contribution in [0.2, 0.25) is 0 Å². The number of halogens is 2. The number of benzene rings is 4. The molecule has 2 aliphatic carbocycles. The Labute approximate surface area is 219 Å². The number of hydrogen-bond donors (Lipinski definition) is 0. The number of fused-ring (bicyclic) bond motifs is 2. The first kappa shape index (κ1) is 24.0. The van der Waals surface area contributed by atoms with Gasteiger partial charge in [-0.3, -0.25) is 0 Å². The Morgan fingerprint density at radius 2 is 0.879 bits per heavy atom. The van der Waals surface area contributed by atoms with Gasteiger partial charge in [-0.25, -0.2) is 0 Å². The number of hydrogen-bond acceptors (Lipinski definition) is 0. The molecule has 6 rings (SSSR count). The minimum atomic E-state index is -0.762. The Balaban J connectivity index is 0.00000130. The van der Waals surface area contributed by atoms with E-state index in [0.717, 1.165) is 0 Å². The molecule has 4 aromatic rings. The first-order valence-corrected chi connectivity index (χ1v) is 13.7. The molecule has 2 unspecified atom stereocenters. The van der Waals surface area contributed by atoms with Gasteiger partial charge < -0.3 is 24.8 Å². The van der Waals surface area contributed by atoms with Gasteiger partial charge in [0.05, 0.1) is 0 Å². The van der Waals surface area contributed by atoms with Crippen molar-refractivity contribution >= 4 is 12.2 Å². The molecule has 0 spiro atoms. The van der Waals surface area contributed by atoms with E-state index in [-0.39, 0.29) is 24.8 Å². The van der Waals surface area contributed by atoms with E-state index in [1.165, 1.54) is 44.5 Å². The summed E-state index contributed by atoms with van der Waals surface area (Å²) in [5.41, 5.74) is 11.3. The second kappa shape index (κ2) is 10.4. The van der Waals surface area contributed by atoms with Crippen LogP contribution in [0.15, 0.2) is 109 Å². The van der Waals surface area contributed by atoms with E-state index in [0.29, 0.717) is 7.25 Å². The summed E-state index contributed by atoms with van der Waals surface area (Å²) in [6.07, 6.45) is 9.72. The minimum absolute atomic E-state index is 0. The zero-order valence-electron chi connectivity index (χ0n) is 18.0. The van der Waals surface area contributed by atoms with Crippen LogP contribution in [0.4, 0.5) is 0 Å². The van der Waals surface area contributed by atoms with Crippen LogP contribution in [0.5, 0.6) is 0 Å². The predicted octanol–water partition coefficient (Wildman–Crippen LogP) is 1.95. The van der Waals surface area contributed by atoms with Crippen molar-refractivity contribution in [1.29, 1.82) is 0 Å². The molecular weight excluding hydrogens is 522 g/mol. The molecule has 0 amide bonds. The third-order valence-corrected chi connectivity index (χ3v) is 10.6. The van der Waals surface area contributed by atoms with Crippen molar-refractivity contribution in [3.05, 3.63) is 131 Å². The van der Waals surface area contributed by atoms with Crippen molar-refractivity contribution < 1.29 is 48.0 Å². The third-order valence-electron chi connectivity index (χ3n) is 6.39. The van der Waals surface area contributed by atoms with Crippen LogP contribution in [0, 0.1) is 0 Å². The zero-order valence-corrected chi connectivity index (χ0v) is 21.9. The summed E-state index contributed by atoms with van der Waals surface area (Å²) in [7, 11) is 0. The first-order valence-electron chi connectivity index (χ1n) is 10.9. The molecule has 3 heteroatoms. The van der Waals surface area contributed by atoms with Gasteiger partial charge in [0.2, 0.25) is 0 Å². The molecule has 0 nitrogen and oxygen atoms in total. The fourth-order valence-electron chi connectivity index (χ4n) is 4.90. The van der Waals surface area contributed by atoms with Gasteiger partial charge in [-0.05, 0) is 0 Å². The average molecular weight is 545 g/mol. The van der Waals surface area contributed by atoms with Gasteiger partial charge in [0.25, 0.3) is 0 Å². The summed E-state index contributed by atoms with van der Waals surface area (Å²) in [5.74, 6) is 0. The Morgan fingerprint density at radius 3 is 1.30 bits per heavy atom. The summed E-state index contributed by atoms with van der Waals surface area (Å²) in [5, 5.41) is 0. The van der Waals surface area contributed by atoms with E-state index >= 15 is 0 Å². The van der Waals surface area contributed by atoms with Gasteiger partial charge in [-0.1, -0.05) is 0 Å². The molecule has 0 heterocycles. The molecule has 2 atom stereocenters. The molecule has 0 aliphatic heterocycles. The van der Waals surface area contributed by atoms with Crippen LogP contribution in [-0.2, 0) is 23.2 Å². The molecular formula is C30H22Cl2Zr. The Bertz CT molecular complexity index is 1210. The van der Waals surface area contributed by atoms with Gasteiger partial charge in [-0.15, -0.1) is 0 Å². The van der Waals surface area contributed by atoms with Crippen LogP contribution < -0.4 is 24.8 Å². The van der Waals surface area contributed by atoms with Gasteiger partial charge in [-0.2, -0.15) is 0 Å². The van der Waals surface area contributed by atoms with Crippen LogP contribution in [-0.4, -0.2) is 0 Å². The van der Waals surface area contributed by atoms with Crippen LogP contribution in [0.3, 0.4) is 0 Å². The fraction of sp³-hybridized carbons (Fsp3) is 0.0667. The van der Waals surface area contributed by atoms with Crippen molar-refractivity contribution in [2.24, 2.45) is 0 Å². The molecule has 0 saturated heterocycles. The van der Waals surface area contributed by atoms with Gasteiger partial charge in [0, 0.05) is 0 Å². The van der Waals surface area contributed by atoms with E-state index < -0.39 is 23.2 Å². The Morgan fingerprint density at radius 1 is 0.455 bits per heavy atom. The average Bonchev–Trinajstić information content (AvgIpc) is 3.45. The normalized spacial score (nSPS) is 16.8. The van der Waals surface area contributed by atoms with Gasteiger partial charge >= 0.3 is 196 Å². The molecule has 2 aliphatic rings. The molecule has 33 heavy (non-hydrogen) atoms. The second-order valence-electron chi connectivity index (χ2n) is 8.19. The molecule has 0 saturated carbocycles. The van der Waals surface area contributed by atoms with Crippen molar-refractivity contribution in [3.8, 4) is 22.3 Å². The van der Waals surface area contributed by atoms with E-state index in [1.54, 1.807) is 0 Å². The van der Waals surface area contributed by atoms with Crippen molar-refractivity contribution in [2.75, 3.05) is 0 Å². The fourth-order valence-corrected chi connectivity index (χ4v) is 8.99. The summed E-state index contributed by atoms with van der Waals surface area (Å²) in [4.78, 5) is 0. The van der Waals surface area contributed by atoms with E-state index in [1.807, 2.05) is 0 Å². The molecule has 0 aromatic heterocycles. The smallest absolute Gasteiger partial charge is 1.00 e. The largest absolute Gasteiger partial charge is 1.00 e. The molecule has 160 valence electrons. The van der Waals surface area contributed by atoms with Crippen LogP contribution in [0.25, 0.3) is 34.4 Å². The third kappa shape index (κ3) is 4.48. The van der Waals surface area contributed by atoms with Gasteiger partial charge in [0.1, 0.15) is 0 Å². The summed E-state index contributed by atoms with van der Waals surface area (Å²) in [6, 6.07) is 35.3. The predicted molar refractivity (Wildman–Crippen MR) is 127 cm³/mol. The standard InChI is InChI=1S/2C15H11.2ClH.Zr/c2*1-2-6-12(7-3-1)14-10-4-8-13-9-5-11-15(13)14;;;/h2*1-11H;2*1H;/q;;;;+2/p-2. The minimum Gasteiger partial charge on any atom is -1.00 e. The quantitative estimate of drug-likeness (QED) is 0.369. The summed E-state index contributed by atoms with van der Waals surface area (Å²) in [6.45, 7) is 0. The Kier molecular flexibility index (Phi) is 7.55. The van der Waals surface area contributed by atoms with E-state index in [2.05, 4.69) is 121 Å². The van der Waals surface area contributed by atoms with Crippen molar-refractivity contribution in [1.82, 2.24) is 0 Å². The van der Waals surface area contributed by atoms with Crippen LogP contribution >= 0.6 is 0 Å². The van der Waals surface area contributed by atoms with Crippen molar-refractivity contribution in [2.45, 2.75) is 7.25 Å². The summed E-state index contributed by atoms with van der Waals surface area (Å²) < 4.78 is 1.26. The van der Waals surface area contributed by atoms with Crippen molar-refractivity contribution in [3.63, 3.8) is 0 Å². The molecule has 0 N–H and O–H groups in total.